The number of ether oxygens (including phenoxy) is 1. The van der Waals surface area contributed by atoms with Crippen molar-refractivity contribution >= 4 is 32.8 Å². The highest BCUT2D eigenvalue weighted by atomic mass is 16.5. The highest BCUT2D eigenvalue weighted by molar-refractivity contribution is 6.09. The van der Waals surface area contributed by atoms with E-state index in [0.29, 0.717) is 22.7 Å². The third kappa shape index (κ3) is 10.3. The lowest BCUT2D eigenvalue weighted by Gasteiger charge is -2.27. The van der Waals surface area contributed by atoms with Gasteiger partial charge in [-0.15, -0.1) is 0 Å². The average Bonchev–Trinajstić information content (AvgIpc) is 1.58. The molecule has 0 spiro atoms. The predicted octanol–water partition coefficient (Wildman–Crippen LogP) is 19.4. The molecule has 3 heterocycles. The van der Waals surface area contributed by atoms with E-state index in [2.05, 4.69) is 215 Å². The minimum atomic E-state index is -0.442. The third-order valence-corrected chi connectivity index (χ3v) is 16.0. The molecule has 0 aliphatic carbocycles. The number of para-hydroxylation sites is 4. The number of hydrogen-bond acceptors (Lipinski definition) is 2. The maximum absolute atomic E-state index is 9.29. The van der Waals surface area contributed by atoms with Crippen molar-refractivity contribution in [3.63, 3.8) is 0 Å². The molecule has 12 rings (SSSR count). The maximum Gasteiger partial charge on any atom is 0.269 e. The van der Waals surface area contributed by atoms with Crippen molar-refractivity contribution in [3.8, 4) is 62.1 Å². The van der Waals surface area contributed by atoms with Crippen molar-refractivity contribution in [3.05, 3.63) is 259 Å². The molecule has 0 bridgehead atoms. The molecular formula is C76H72N4O. The van der Waals surface area contributed by atoms with Crippen LogP contribution in [0, 0.1) is 6.33 Å². The Labute approximate surface area is 485 Å². The normalized spacial score (nSPS) is 13.3. The predicted molar refractivity (Wildman–Crippen MR) is 338 cm³/mol. The van der Waals surface area contributed by atoms with Crippen LogP contribution in [0.4, 0.5) is 0 Å². The van der Waals surface area contributed by atoms with E-state index < -0.39 is 18.1 Å². The van der Waals surface area contributed by atoms with E-state index in [1.807, 2.05) is 75.9 Å². The van der Waals surface area contributed by atoms with Crippen LogP contribution in [0.2, 0.25) is 0 Å². The van der Waals surface area contributed by atoms with Crippen LogP contribution in [0.25, 0.3) is 83.4 Å². The first kappa shape index (κ1) is 47.1. The lowest BCUT2D eigenvalue weighted by atomic mass is 9.78. The summed E-state index contributed by atoms with van der Waals surface area (Å²) in [4.78, 5) is 5.30. The topological polar surface area (TPSA) is 35.9 Å². The molecule has 0 fully saturated rings. The lowest BCUT2D eigenvalue weighted by molar-refractivity contribution is -0.571. The Bertz CT molecular complexity index is 4550. The molecule has 5 heteroatoms. The second-order valence-electron chi connectivity index (χ2n) is 25.3. The zero-order valence-electron chi connectivity index (χ0n) is 53.4. The summed E-state index contributed by atoms with van der Waals surface area (Å²) in [6, 6.07) is 63.6. The molecule has 0 amide bonds. The number of rotatable bonds is 11. The molecule has 12 aromatic rings. The highest BCUT2D eigenvalue weighted by Crippen LogP contribution is 2.42. The summed E-state index contributed by atoms with van der Waals surface area (Å²) < 4.78 is 57.9. The second-order valence-corrected chi connectivity index (χ2v) is 25.3. The summed E-state index contributed by atoms with van der Waals surface area (Å²) in [5.41, 5.74) is 15.2. The first-order valence-electron chi connectivity index (χ1n) is 30.6. The molecule has 0 saturated carbocycles. The van der Waals surface area contributed by atoms with Gasteiger partial charge in [0, 0.05) is 28.6 Å². The first-order chi connectivity index (χ1) is 40.9. The van der Waals surface area contributed by atoms with Gasteiger partial charge in [0.2, 0.25) is 0 Å². The number of imidazole rings is 1. The number of aromatic nitrogens is 4. The summed E-state index contributed by atoms with van der Waals surface area (Å²) in [6.45, 7) is 24.7. The molecule has 9 aromatic carbocycles. The Morgan fingerprint density at radius 1 is 0.481 bits per heavy atom. The van der Waals surface area contributed by atoms with E-state index in [1.165, 1.54) is 16.7 Å². The van der Waals surface area contributed by atoms with Gasteiger partial charge in [-0.1, -0.05) is 246 Å². The molecule has 3 aromatic heterocycles. The minimum absolute atomic E-state index is 0.0289. The van der Waals surface area contributed by atoms with E-state index in [-0.39, 0.29) is 39.3 Å². The Morgan fingerprint density at radius 3 is 1.80 bits per heavy atom. The van der Waals surface area contributed by atoms with Crippen LogP contribution < -0.4 is 9.30 Å². The fourth-order valence-electron chi connectivity index (χ4n) is 11.4. The molecular weight excluding hydrogens is 985 g/mol. The molecule has 0 saturated heterocycles. The first-order valence-corrected chi connectivity index (χ1v) is 28.1. The van der Waals surface area contributed by atoms with E-state index in [4.69, 9.17) is 13.8 Å². The van der Waals surface area contributed by atoms with Gasteiger partial charge in [0.15, 0.2) is 0 Å². The number of pyridine rings is 1. The monoisotopic (exact) mass is 1060 g/mol. The van der Waals surface area contributed by atoms with Crippen LogP contribution >= 0.6 is 0 Å². The lowest BCUT2D eigenvalue weighted by Crippen LogP contribution is -2.31. The number of fused-ring (bicyclic) bond motifs is 4. The Hall–Kier alpha value is -8.80. The Balaban J connectivity index is 0.984. The minimum Gasteiger partial charge on any atom is -0.458 e. The fraction of sp³-hybridized carbons (Fsp3) is 0.211. The molecule has 81 heavy (non-hydrogen) atoms. The van der Waals surface area contributed by atoms with Gasteiger partial charge in [-0.05, 0) is 126 Å². The second kappa shape index (κ2) is 20.4. The average molecular weight is 1060 g/mol. The molecule has 0 aliphatic rings. The summed E-state index contributed by atoms with van der Waals surface area (Å²) in [5, 5.41) is 2.19. The van der Waals surface area contributed by atoms with E-state index in [0.717, 1.165) is 84.1 Å². The van der Waals surface area contributed by atoms with Crippen molar-refractivity contribution in [2.45, 2.75) is 104 Å². The standard InChI is InChI=1S/C76H72N4O/c1-73(2,3)55-38-36-52(37-39-55)66-49-77-71(44-54(66)48-76(10,11)56-26-16-13-17-27-56)80-67-33-19-18-30-64(67)65-41-40-61(47-70(65)80)81-60-29-22-28-59(46-60)78-50-79(69-35-21-20-34-68(69)78)72-62(51-24-14-12-15-25-51)31-23-32-63(72)53-42-57(74(4,5)6)45-58(43-53)75(7,8)9/h12-47,49H,48H2,1-11H3/i12D,14D,15D,24D,25D. The summed E-state index contributed by atoms with van der Waals surface area (Å²) in [5.74, 6) is 2.09. The van der Waals surface area contributed by atoms with Crippen LogP contribution in [0.5, 0.6) is 11.5 Å². The van der Waals surface area contributed by atoms with E-state index in [9.17, 15) is 2.74 Å². The highest BCUT2D eigenvalue weighted by Gasteiger charge is 2.27. The van der Waals surface area contributed by atoms with Crippen LogP contribution in [-0.4, -0.2) is 14.1 Å². The SMILES string of the molecule is [2H]c1c([2H])c([2H])c(-c2cccc(-c3cc(C(C)(C)C)cc(C(C)(C)C)c3)c2-[n+]2[c-]n(-c3cccc(Oc4ccc5c6ccccc6n(-c6cc(CC(C)(C)c7ccccc7)c(-c7ccc(C(C)(C)C)cc7)cn6)c5c4)c3)c3ccccc32)c([2H])c1[2H]. The van der Waals surface area contributed by atoms with Crippen LogP contribution in [0.15, 0.2) is 224 Å². The van der Waals surface area contributed by atoms with Gasteiger partial charge < -0.3 is 4.74 Å². The molecule has 5 nitrogen and oxygen atoms in total. The molecule has 0 unspecified atom stereocenters. The number of benzene rings is 9. The Kier molecular flexibility index (Phi) is 11.8. The quantitative estimate of drug-likeness (QED) is 0.0956. The van der Waals surface area contributed by atoms with Crippen molar-refractivity contribution < 1.29 is 16.2 Å². The van der Waals surface area contributed by atoms with Gasteiger partial charge in [0.25, 0.3) is 6.33 Å². The number of nitrogens with zero attached hydrogens (tertiary/aromatic N) is 4. The van der Waals surface area contributed by atoms with Crippen LogP contribution in [0.3, 0.4) is 0 Å². The van der Waals surface area contributed by atoms with Crippen molar-refractivity contribution in [2.24, 2.45) is 0 Å². The van der Waals surface area contributed by atoms with Gasteiger partial charge in [0.05, 0.1) is 40.3 Å². The molecule has 0 N–H and O–H groups in total. The van der Waals surface area contributed by atoms with E-state index in [1.54, 1.807) is 0 Å². The molecule has 0 atom stereocenters. The van der Waals surface area contributed by atoms with Crippen molar-refractivity contribution in [1.29, 1.82) is 0 Å². The van der Waals surface area contributed by atoms with Gasteiger partial charge in [-0.25, -0.2) is 4.98 Å². The van der Waals surface area contributed by atoms with E-state index >= 15 is 0 Å². The van der Waals surface area contributed by atoms with Crippen LogP contribution in [-0.2, 0) is 28.1 Å². The summed E-state index contributed by atoms with van der Waals surface area (Å²) >= 11 is 0. The smallest absolute Gasteiger partial charge is 0.269 e. The summed E-state index contributed by atoms with van der Waals surface area (Å²) in [7, 11) is 0. The molecule has 0 aliphatic heterocycles. The van der Waals surface area contributed by atoms with Crippen molar-refractivity contribution in [1.82, 2.24) is 14.1 Å². The summed E-state index contributed by atoms with van der Waals surface area (Å²) in [6.07, 6.45) is 6.57. The number of hydrogen-bond donors (Lipinski definition) is 0. The third-order valence-electron chi connectivity index (χ3n) is 16.0. The Morgan fingerprint density at radius 2 is 1.10 bits per heavy atom. The fourth-order valence-corrected chi connectivity index (χ4v) is 11.4. The van der Waals surface area contributed by atoms with Gasteiger partial charge in [0.1, 0.15) is 17.3 Å². The zero-order chi connectivity index (χ0) is 60.8. The van der Waals surface area contributed by atoms with Crippen LogP contribution in [0.1, 0.15) is 111 Å². The largest absolute Gasteiger partial charge is 0.458 e. The van der Waals surface area contributed by atoms with Gasteiger partial charge in [-0.3, -0.25) is 13.7 Å². The molecule has 402 valence electrons. The van der Waals surface area contributed by atoms with Gasteiger partial charge >= 0.3 is 0 Å². The van der Waals surface area contributed by atoms with Gasteiger partial charge in [-0.2, -0.15) is 0 Å². The van der Waals surface area contributed by atoms with Crippen molar-refractivity contribution in [2.75, 3.05) is 0 Å². The maximum atomic E-state index is 9.29. The molecule has 0 radical (unpaired) electrons. The zero-order valence-corrected chi connectivity index (χ0v) is 48.4.